The standard InChI is InChI=1S/C12H16N2O5S/c1-9-4-5-10(14(16)17)7-12(9)20(18,19)13-6-2-3-11(15)8-13/h4-5,7,11,15H,2-3,6,8H2,1H3/t11-/m0/s1. The zero-order chi connectivity index (χ0) is 14.9. The number of aryl methyl sites for hydroxylation is 1. The van der Waals surface area contributed by atoms with Crippen molar-refractivity contribution in [1.29, 1.82) is 0 Å². The number of hydrogen-bond donors (Lipinski definition) is 1. The maximum Gasteiger partial charge on any atom is 0.270 e. The van der Waals surface area contributed by atoms with Gasteiger partial charge in [-0.05, 0) is 25.3 Å². The molecule has 110 valence electrons. The summed E-state index contributed by atoms with van der Waals surface area (Å²) in [6, 6.07) is 3.77. The highest BCUT2D eigenvalue weighted by Crippen LogP contribution is 2.26. The highest BCUT2D eigenvalue weighted by Gasteiger charge is 2.31. The minimum absolute atomic E-state index is 0.0322. The molecule has 1 aromatic rings. The molecule has 0 radical (unpaired) electrons. The monoisotopic (exact) mass is 300 g/mol. The van der Waals surface area contributed by atoms with E-state index < -0.39 is 21.1 Å². The Balaban J connectivity index is 2.43. The summed E-state index contributed by atoms with van der Waals surface area (Å²) in [6.45, 7) is 1.95. The van der Waals surface area contributed by atoms with Gasteiger partial charge in [-0.3, -0.25) is 10.1 Å². The minimum atomic E-state index is -3.81. The molecule has 0 unspecified atom stereocenters. The van der Waals surface area contributed by atoms with Gasteiger partial charge in [0.1, 0.15) is 0 Å². The van der Waals surface area contributed by atoms with Gasteiger partial charge in [-0.2, -0.15) is 4.31 Å². The smallest absolute Gasteiger partial charge is 0.270 e. The lowest BCUT2D eigenvalue weighted by atomic mass is 10.1. The summed E-state index contributed by atoms with van der Waals surface area (Å²) in [7, 11) is -3.81. The third-order valence-electron chi connectivity index (χ3n) is 3.36. The minimum Gasteiger partial charge on any atom is -0.392 e. The number of piperidine rings is 1. The van der Waals surface area contributed by atoms with Crippen molar-refractivity contribution in [3.8, 4) is 0 Å². The van der Waals surface area contributed by atoms with Crippen molar-refractivity contribution in [3.05, 3.63) is 33.9 Å². The molecular weight excluding hydrogens is 284 g/mol. The highest BCUT2D eigenvalue weighted by molar-refractivity contribution is 7.89. The van der Waals surface area contributed by atoms with Gasteiger partial charge in [0.2, 0.25) is 10.0 Å². The van der Waals surface area contributed by atoms with Crippen LogP contribution in [0.15, 0.2) is 23.1 Å². The van der Waals surface area contributed by atoms with Crippen molar-refractivity contribution in [1.82, 2.24) is 4.31 Å². The van der Waals surface area contributed by atoms with Crippen LogP contribution in [0.5, 0.6) is 0 Å². The molecule has 0 aromatic heterocycles. The summed E-state index contributed by atoms with van der Waals surface area (Å²) in [6.07, 6.45) is 0.464. The van der Waals surface area contributed by atoms with Crippen LogP contribution in [0, 0.1) is 17.0 Å². The van der Waals surface area contributed by atoms with E-state index in [0.29, 0.717) is 24.9 Å². The fourth-order valence-electron chi connectivity index (χ4n) is 2.26. The average molecular weight is 300 g/mol. The Hall–Kier alpha value is -1.51. The number of hydrogen-bond acceptors (Lipinski definition) is 5. The third-order valence-corrected chi connectivity index (χ3v) is 5.37. The molecule has 1 saturated heterocycles. The van der Waals surface area contributed by atoms with Crippen molar-refractivity contribution in [3.63, 3.8) is 0 Å². The first-order valence-electron chi connectivity index (χ1n) is 6.25. The Morgan fingerprint density at radius 3 is 2.75 bits per heavy atom. The van der Waals surface area contributed by atoms with Crippen LogP contribution in [0.2, 0.25) is 0 Å². The maximum absolute atomic E-state index is 12.5. The topological polar surface area (TPSA) is 101 Å². The second-order valence-corrected chi connectivity index (χ2v) is 6.77. The predicted octanol–water partition coefficient (Wildman–Crippen LogP) is 1.05. The first-order chi connectivity index (χ1) is 9.32. The maximum atomic E-state index is 12.5. The molecule has 8 heteroatoms. The highest BCUT2D eigenvalue weighted by atomic mass is 32.2. The number of benzene rings is 1. The van der Waals surface area contributed by atoms with E-state index in [1.807, 2.05) is 0 Å². The molecule has 0 amide bonds. The predicted molar refractivity (Wildman–Crippen MR) is 71.8 cm³/mol. The lowest BCUT2D eigenvalue weighted by molar-refractivity contribution is -0.385. The fourth-order valence-corrected chi connectivity index (χ4v) is 4.02. The van der Waals surface area contributed by atoms with Crippen LogP contribution in [0.3, 0.4) is 0 Å². The quantitative estimate of drug-likeness (QED) is 0.664. The van der Waals surface area contributed by atoms with Crippen molar-refractivity contribution < 1.29 is 18.4 Å². The molecular formula is C12H16N2O5S. The van der Waals surface area contributed by atoms with Crippen LogP contribution >= 0.6 is 0 Å². The van der Waals surface area contributed by atoms with Gasteiger partial charge in [0, 0.05) is 25.2 Å². The number of aliphatic hydroxyl groups is 1. The van der Waals surface area contributed by atoms with Gasteiger partial charge in [0.15, 0.2) is 0 Å². The number of nitro groups is 1. The molecule has 7 nitrogen and oxygen atoms in total. The summed E-state index contributed by atoms with van der Waals surface area (Å²) < 4.78 is 26.2. The number of nitrogens with zero attached hydrogens (tertiary/aromatic N) is 2. The van der Waals surface area contributed by atoms with E-state index in [2.05, 4.69) is 0 Å². The summed E-state index contributed by atoms with van der Waals surface area (Å²) in [5.41, 5.74) is 0.197. The van der Waals surface area contributed by atoms with Crippen LogP contribution in [0.25, 0.3) is 0 Å². The van der Waals surface area contributed by atoms with Crippen LogP contribution in [-0.2, 0) is 10.0 Å². The Morgan fingerprint density at radius 2 is 2.15 bits per heavy atom. The van der Waals surface area contributed by atoms with Crippen molar-refractivity contribution in [2.45, 2.75) is 30.8 Å². The van der Waals surface area contributed by atoms with E-state index in [4.69, 9.17) is 0 Å². The summed E-state index contributed by atoms with van der Waals surface area (Å²) in [5, 5.41) is 20.4. The lowest BCUT2D eigenvalue weighted by Crippen LogP contribution is -2.42. The number of non-ortho nitro benzene ring substituents is 1. The van der Waals surface area contributed by atoms with Gasteiger partial charge in [0.05, 0.1) is 15.9 Å². The number of nitro benzene ring substituents is 1. The summed E-state index contributed by atoms with van der Waals surface area (Å²) in [4.78, 5) is 10.1. The van der Waals surface area contributed by atoms with Crippen molar-refractivity contribution in [2.75, 3.05) is 13.1 Å². The molecule has 1 aliphatic rings. The van der Waals surface area contributed by atoms with Crippen LogP contribution in [0.1, 0.15) is 18.4 Å². The average Bonchev–Trinajstić information content (AvgIpc) is 2.38. The Kier molecular flexibility index (Phi) is 4.07. The van der Waals surface area contributed by atoms with E-state index in [9.17, 15) is 23.6 Å². The number of sulfonamides is 1. The third kappa shape index (κ3) is 2.82. The molecule has 1 fully saturated rings. The molecule has 0 saturated carbocycles. The van der Waals surface area contributed by atoms with Gasteiger partial charge in [0.25, 0.3) is 5.69 Å². The van der Waals surface area contributed by atoms with Crippen molar-refractivity contribution in [2.24, 2.45) is 0 Å². The van der Waals surface area contributed by atoms with Crippen LogP contribution in [-0.4, -0.2) is 41.9 Å². The van der Waals surface area contributed by atoms with Crippen LogP contribution < -0.4 is 0 Å². The first kappa shape index (κ1) is 14.9. The molecule has 0 aliphatic carbocycles. The first-order valence-corrected chi connectivity index (χ1v) is 7.69. The largest absolute Gasteiger partial charge is 0.392 e. The molecule has 1 atom stereocenters. The molecule has 1 N–H and O–H groups in total. The van der Waals surface area contributed by atoms with E-state index in [1.54, 1.807) is 6.92 Å². The van der Waals surface area contributed by atoms with Gasteiger partial charge >= 0.3 is 0 Å². The van der Waals surface area contributed by atoms with Gasteiger partial charge in [-0.1, -0.05) is 6.07 Å². The molecule has 0 bridgehead atoms. The van der Waals surface area contributed by atoms with Gasteiger partial charge < -0.3 is 5.11 Å². The normalized spacial score (nSPS) is 20.8. The molecule has 2 rings (SSSR count). The Labute approximate surface area is 117 Å². The van der Waals surface area contributed by atoms with E-state index in [1.165, 1.54) is 16.4 Å². The van der Waals surface area contributed by atoms with Crippen molar-refractivity contribution >= 4 is 15.7 Å². The van der Waals surface area contributed by atoms with Gasteiger partial charge in [-0.15, -0.1) is 0 Å². The summed E-state index contributed by atoms with van der Waals surface area (Å²) >= 11 is 0. The second kappa shape index (κ2) is 5.47. The second-order valence-electron chi connectivity index (χ2n) is 4.87. The van der Waals surface area contributed by atoms with Crippen LogP contribution in [0.4, 0.5) is 5.69 Å². The number of aliphatic hydroxyl groups excluding tert-OH is 1. The molecule has 1 aromatic carbocycles. The van der Waals surface area contributed by atoms with E-state index in [0.717, 1.165) is 6.07 Å². The lowest BCUT2D eigenvalue weighted by Gasteiger charge is -2.29. The zero-order valence-electron chi connectivity index (χ0n) is 11.0. The zero-order valence-corrected chi connectivity index (χ0v) is 11.8. The van der Waals surface area contributed by atoms with Gasteiger partial charge in [-0.25, -0.2) is 8.42 Å². The number of β-amino-alcohol motifs (C(OH)–C–C–N with tert-alkyl or cyclic N) is 1. The van der Waals surface area contributed by atoms with E-state index in [-0.39, 0.29) is 17.1 Å². The summed E-state index contributed by atoms with van der Waals surface area (Å²) in [5.74, 6) is 0. The molecule has 1 aliphatic heterocycles. The molecule has 20 heavy (non-hydrogen) atoms. The number of rotatable bonds is 3. The Bertz CT molecular complexity index is 629. The molecule has 0 spiro atoms. The fraction of sp³-hybridized carbons (Fsp3) is 0.500. The molecule has 1 heterocycles. The Morgan fingerprint density at radius 1 is 1.45 bits per heavy atom. The SMILES string of the molecule is Cc1ccc([N+](=O)[O-])cc1S(=O)(=O)N1CCC[C@H](O)C1. The van der Waals surface area contributed by atoms with E-state index >= 15 is 0 Å².